The summed E-state index contributed by atoms with van der Waals surface area (Å²) in [6.07, 6.45) is 0.935. The Labute approximate surface area is 125 Å². The minimum atomic E-state index is 0.185. The molecule has 2 aromatic rings. The van der Waals surface area contributed by atoms with Crippen molar-refractivity contribution in [3.8, 4) is 12.1 Å². The fourth-order valence-corrected chi connectivity index (χ4v) is 2.25. The van der Waals surface area contributed by atoms with Gasteiger partial charge in [-0.15, -0.1) is 0 Å². The Morgan fingerprint density at radius 1 is 1.00 bits per heavy atom. The van der Waals surface area contributed by atoms with Crippen LogP contribution in [0.4, 0.5) is 5.69 Å². The summed E-state index contributed by atoms with van der Waals surface area (Å²) in [5, 5.41) is 21.5. The second-order valence-corrected chi connectivity index (χ2v) is 5.00. The molecule has 2 rings (SSSR count). The largest absolute Gasteiger partial charge is 0.378 e. The van der Waals surface area contributed by atoms with E-state index in [0.717, 1.165) is 12.1 Å². The number of nitrogens with zero attached hydrogens (tertiary/aromatic N) is 2. The zero-order chi connectivity index (χ0) is 15.2. The molecule has 21 heavy (non-hydrogen) atoms. The lowest BCUT2D eigenvalue weighted by molar-refractivity contribution is 0.749. The zero-order valence-corrected chi connectivity index (χ0v) is 12.2. The number of anilines is 1. The maximum absolute atomic E-state index is 9.08. The molecule has 1 N–H and O–H groups in total. The summed E-state index contributed by atoms with van der Waals surface area (Å²) in [7, 11) is 0. The van der Waals surface area contributed by atoms with Crippen LogP contribution >= 0.6 is 0 Å². The number of aryl methyl sites for hydroxylation is 1. The van der Waals surface area contributed by atoms with Gasteiger partial charge < -0.3 is 5.32 Å². The van der Waals surface area contributed by atoms with E-state index < -0.39 is 0 Å². The number of nitrogens with one attached hydrogen (secondary N) is 1. The Balaban J connectivity index is 2.25. The maximum atomic E-state index is 9.08. The molecule has 104 valence electrons. The van der Waals surface area contributed by atoms with E-state index in [4.69, 9.17) is 10.5 Å². The highest BCUT2D eigenvalue weighted by Gasteiger charge is 2.10. The van der Waals surface area contributed by atoms with Crippen LogP contribution in [-0.4, -0.2) is 0 Å². The molecule has 0 aromatic heterocycles. The molecule has 1 unspecified atom stereocenters. The highest BCUT2D eigenvalue weighted by molar-refractivity contribution is 5.57. The molecule has 0 aliphatic heterocycles. The van der Waals surface area contributed by atoms with Crippen LogP contribution in [0.1, 0.15) is 41.6 Å². The van der Waals surface area contributed by atoms with Gasteiger partial charge in [0.05, 0.1) is 17.2 Å². The van der Waals surface area contributed by atoms with E-state index >= 15 is 0 Å². The van der Waals surface area contributed by atoms with Crippen LogP contribution in [-0.2, 0) is 0 Å². The Bertz CT molecular complexity index is 703. The minimum Gasteiger partial charge on any atom is -0.378 e. The van der Waals surface area contributed by atoms with Gasteiger partial charge in [0.1, 0.15) is 12.1 Å². The number of hydrogen-bond donors (Lipinski definition) is 1. The van der Waals surface area contributed by atoms with Crippen molar-refractivity contribution in [2.24, 2.45) is 0 Å². The standard InChI is InChI=1S/C18H17N3/c1-3-18(14-6-4-13(2)5-7-14)21-17-9-8-15(11-19)16(10-17)12-20/h4-10,18,21H,3H2,1-2H3. The topological polar surface area (TPSA) is 59.6 Å². The van der Waals surface area contributed by atoms with Gasteiger partial charge in [-0.25, -0.2) is 0 Å². The van der Waals surface area contributed by atoms with Gasteiger partial charge in [-0.3, -0.25) is 0 Å². The smallest absolute Gasteiger partial charge is 0.101 e. The van der Waals surface area contributed by atoms with Crippen LogP contribution in [0.3, 0.4) is 0 Å². The third kappa shape index (κ3) is 3.41. The van der Waals surface area contributed by atoms with Crippen molar-refractivity contribution in [3.63, 3.8) is 0 Å². The summed E-state index contributed by atoms with van der Waals surface area (Å²) in [6.45, 7) is 4.18. The molecule has 0 fully saturated rings. The number of nitriles is 2. The quantitative estimate of drug-likeness (QED) is 0.904. The molecule has 3 heteroatoms. The van der Waals surface area contributed by atoms with Crippen LogP contribution in [0.25, 0.3) is 0 Å². The monoisotopic (exact) mass is 275 g/mol. The van der Waals surface area contributed by atoms with E-state index in [1.807, 2.05) is 12.1 Å². The predicted molar refractivity (Wildman–Crippen MR) is 83.7 cm³/mol. The molecule has 0 aliphatic rings. The summed E-state index contributed by atoms with van der Waals surface area (Å²) in [5.74, 6) is 0. The summed E-state index contributed by atoms with van der Waals surface area (Å²) >= 11 is 0. The molecule has 0 spiro atoms. The first kappa shape index (κ1) is 14.6. The van der Waals surface area contributed by atoms with Crippen molar-refractivity contribution in [1.82, 2.24) is 0 Å². The first-order valence-corrected chi connectivity index (χ1v) is 6.95. The average molecular weight is 275 g/mol. The molecular formula is C18H17N3. The van der Waals surface area contributed by atoms with Gasteiger partial charge in [0, 0.05) is 5.69 Å². The number of benzene rings is 2. The molecule has 0 bridgehead atoms. The van der Waals surface area contributed by atoms with Crippen LogP contribution in [0, 0.1) is 29.6 Å². The Kier molecular flexibility index (Phi) is 4.59. The lowest BCUT2D eigenvalue weighted by Crippen LogP contribution is -2.09. The van der Waals surface area contributed by atoms with E-state index in [-0.39, 0.29) is 6.04 Å². The summed E-state index contributed by atoms with van der Waals surface area (Å²) < 4.78 is 0. The second kappa shape index (κ2) is 6.59. The zero-order valence-electron chi connectivity index (χ0n) is 12.2. The first-order valence-electron chi connectivity index (χ1n) is 6.95. The lowest BCUT2D eigenvalue weighted by Gasteiger charge is -2.19. The van der Waals surface area contributed by atoms with Gasteiger partial charge in [-0.2, -0.15) is 10.5 Å². The molecule has 0 amide bonds. The number of rotatable bonds is 4. The fraction of sp³-hybridized carbons (Fsp3) is 0.222. The van der Waals surface area contributed by atoms with Gasteiger partial charge in [-0.1, -0.05) is 36.8 Å². The van der Waals surface area contributed by atoms with E-state index in [9.17, 15) is 0 Å². The van der Waals surface area contributed by atoms with Gasteiger partial charge in [-0.05, 0) is 37.1 Å². The molecule has 2 aromatic carbocycles. The highest BCUT2D eigenvalue weighted by atomic mass is 14.9. The number of hydrogen-bond acceptors (Lipinski definition) is 3. The average Bonchev–Trinajstić information content (AvgIpc) is 2.53. The van der Waals surface area contributed by atoms with Gasteiger partial charge >= 0.3 is 0 Å². The SMILES string of the molecule is CCC(Nc1ccc(C#N)c(C#N)c1)c1ccc(C)cc1. The third-order valence-electron chi connectivity index (χ3n) is 3.49. The van der Waals surface area contributed by atoms with Crippen LogP contribution < -0.4 is 5.32 Å². The summed E-state index contributed by atoms with van der Waals surface area (Å²) in [5.41, 5.74) is 4.12. The third-order valence-corrected chi connectivity index (χ3v) is 3.49. The molecular weight excluding hydrogens is 258 g/mol. The Hall–Kier alpha value is -2.78. The van der Waals surface area contributed by atoms with Crippen molar-refractivity contribution in [1.29, 1.82) is 10.5 Å². The van der Waals surface area contributed by atoms with Gasteiger partial charge in [0.15, 0.2) is 0 Å². The van der Waals surface area contributed by atoms with Crippen LogP contribution in [0.15, 0.2) is 42.5 Å². The minimum absolute atomic E-state index is 0.185. The molecule has 0 saturated heterocycles. The van der Waals surface area contributed by atoms with E-state index in [1.54, 1.807) is 12.1 Å². The normalized spacial score (nSPS) is 11.2. The molecule has 0 radical (unpaired) electrons. The summed E-state index contributed by atoms with van der Waals surface area (Å²) in [6, 6.07) is 18.0. The van der Waals surface area contributed by atoms with Crippen molar-refractivity contribution in [2.75, 3.05) is 5.32 Å². The molecule has 0 saturated carbocycles. The van der Waals surface area contributed by atoms with Crippen molar-refractivity contribution in [2.45, 2.75) is 26.3 Å². The van der Waals surface area contributed by atoms with Crippen LogP contribution in [0.2, 0.25) is 0 Å². The summed E-state index contributed by atoms with van der Waals surface area (Å²) in [4.78, 5) is 0. The van der Waals surface area contributed by atoms with E-state index in [2.05, 4.69) is 49.5 Å². The molecule has 0 aliphatic carbocycles. The van der Waals surface area contributed by atoms with Crippen molar-refractivity contribution in [3.05, 3.63) is 64.7 Å². The second-order valence-electron chi connectivity index (χ2n) is 5.00. The van der Waals surface area contributed by atoms with Gasteiger partial charge in [0.2, 0.25) is 0 Å². The molecule has 3 nitrogen and oxygen atoms in total. The van der Waals surface area contributed by atoms with Crippen LogP contribution in [0.5, 0.6) is 0 Å². The van der Waals surface area contributed by atoms with Crippen molar-refractivity contribution >= 4 is 5.69 Å². The Morgan fingerprint density at radius 2 is 1.67 bits per heavy atom. The maximum Gasteiger partial charge on any atom is 0.101 e. The molecule has 0 heterocycles. The van der Waals surface area contributed by atoms with Crippen molar-refractivity contribution < 1.29 is 0 Å². The van der Waals surface area contributed by atoms with Gasteiger partial charge in [0.25, 0.3) is 0 Å². The molecule has 1 atom stereocenters. The van der Waals surface area contributed by atoms with E-state index in [1.165, 1.54) is 11.1 Å². The first-order chi connectivity index (χ1) is 10.2. The fourth-order valence-electron chi connectivity index (χ4n) is 2.25. The van der Waals surface area contributed by atoms with E-state index in [0.29, 0.717) is 11.1 Å². The highest BCUT2D eigenvalue weighted by Crippen LogP contribution is 2.24. The predicted octanol–water partition coefficient (Wildman–Crippen LogP) is 4.30. The Morgan fingerprint density at radius 3 is 2.24 bits per heavy atom. The lowest BCUT2D eigenvalue weighted by atomic mass is 10.0.